The van der Waals surface area contributed by atoms with E-state index in [0.717, 1.165) is 38.5 Å². The molecule has 0 aromatic carbocycles. The monoisotopic (exact) mass is 1170 g/mol. The van der Waals surface area contributed by atoms with E-state index in [1.807, 2.05) is 0 Å². The fraction of sp³-hybridized carbons (Fsp3) is 0.807. The van der Waals surface area contributed by atoms with E-state index in [2.05, 4.69) is 54.8 Å². The third-order valence-corrected chi connectivity index (χ3v) is 14.4. The number of carboxylic acids is 1. The lowest BCUT2D eigenvalue weighted by Crippen LogP contribution is -2.64. The van der Waals surface area contributed by atoms with E-state index in [1.165, 1.54) is 6.92 Å². The fourth-order valence-electron chi connectivity index (χ4n) is 9.13. The van der Waals surface area contributed by atoms with E-state index < -0.39 is 170 Å². The van der Waals surface area contributed by atoms with Crippen LogP contribution in [0.25, 0.3) is 0 Å². The summed E-state index contributed by atoms with van der Waals surface area (Å²) in [5, 5.41) is 63.9. The number of cyclic esters (lactones) is 1. The number of carboxylic acid groups (broad SMARTS) is 1. The van der Waals surface area contributed by atoms with Crippen molar-refractivity contribution in [3.8, 4) is 0 Å². The number of hydrogen-bond acceptors (Lipinski definition) is 15. The zero-order chi connectivity index (χ0) is 62.4. The van der Waals surface area contributed by atoms with Gasteiger partial charge < -0.3 is 73.0 Å². The minimum absolute atomic E-state index is 0.00953. The van der Waals surface area contributed by atoms with Crippen LogP contribution in [0.15, 0.2) is 0 Å². The van der Waals surface area contributed by atoms with Gasteiger partial charge >= 0.3 is 11.9 Å². The van der Waals surface area contributed by atoms with Gasteiger partial charge in [0.1, 0.15) is 60.5 Å². The Balaban J connectivity index is 3.98. The van der Waals surface area contributed by atoms with Crippen molar-refractivity contribution in [1.82, 2.24) is 47.9 Å². The highest BCUT2D eigenvalue weighted by molar-refractivity contribution is 5.99. The number of aliphatic carboxylic acids is 1. The topological polar surface area (TPSA) is 386 Å². The summed E-state index contributed by atoms with van der Waals surface area (Å²) in [6.07, 6.45) is 3.74. The SMILES string of the molecule is CCCCCCCCC[C@H](O)CC(=O)N[C@@H](CC(C)C)C(=O)N[C@H](CCC(=O)O)C(=O)NC1C(=O)NC(C(C)CC)C(=O)N[C@@H](CC(C)C)C(=O)N[C@H](CO)C(=O)N[C@@H](CC(C)C)C(=O)N[C@H](CO)C(=O)NC(C(C)CC)C(=O)OC1C. The van der Waals surface area contributed by atoms with E-state index in [-0.39, 0.29) is 56.3 Å². The molecule has 1 heterocycles. The molecule has 1 aliphatic rings. The Kier molecular flexibility index (Phi) is 35.0. The Morgan fingerprint density at radius 2 is 1.01 bits per heavy atom. The van der Waals surface area contributed by atoms with Crippen molar-refractivity contribution >= 4 is 65.1 Å². The molecule has 1 fully saturated rings. The van der Waals surface area contributed by atoms with Crippen molar-refractivity contribution < 1.29 is 77.9 Å². The first-order chi connectivity index (χ1) is 38.5. The summed E-state index contributed by atoms with van der Waals surface area (Å²) >= 11 is 0. The first-order valence-corrected chi connectivity index (χ1v) is 29.6. The molecule has 13 N–H and O–H groups in total. The number of carbonyl (C=O) groups excluding carboxylic acids is 10. The third-order valence-electron chi connectivity index (χ3n) is 14.4. The third kappa shape index (κ3) is 27.4. The highest BCUT2D eigenvalue weighted by atomic mass is 16.5. The number of amides is 9. The van der Waals surface area contributed by atoms with Gasteiger partial charge in [0.25, 0.3) is 0 Å². The van der Waals surface area contributed by atoms with E-state index in [1.54, 1.807) is 69.2 Å². The molecule has 25 heteroatoms. The molecule has 25 nitrogen and oxygen atoms in total. The number of aliphatic hydroxyl groups excluding tert-OH is 3. The van der Waals surface area contributed by atoms with Crippen LogP contribution < -0.4 is 47.9 Å². The lowest BCUT2D eigenvalue weighted by atomic mass is 9.96. The summed E-state index contributed by atoms with van der Waals surface area (Å²) in [5.74, 6) is -13.3. The summed E-state index contributed by atoms with van der Waals surface area (Å²) < 4.78 is 5.85. The van der Waals surface area contributed by atoms with Crippen molar-refractivity contribution in [2.24, 2.45) is 29.6 Å². The minimum atomic E-state index is -1.95. The fourth-order valence-corrected chi connectivity index (χ4v) is 9.13. The van der Waals surface area contributed by atoms with Crippen LogP contribution >= 0.6 is 0 Å². The average Bonchev–Trinajstić information content (AvgIpc) is 3.58. The minimum Gasteiger partial charge on any atom is -0.481 e. The van der Waals surface area contributed by atoms with Gasteiger partial charge in [-0.2, -0.15) is 0 Å². The number of nitrogens with one attached hydrogen (secondary N) is 9. The maximum absolute atomic E-state index is 14.8. The zero-order valence-corrected chi connectivity index (χ0v) is 50.7. The molecule has 470 valence electrons. The molecule has 0 aromatic rings. The van der Waals surface area contributed by atoms with Crippen molar-refractivity contribution in [2.75, 3.05) is 13.2 Å². The van der Waals surface area contributed by atoms with Gasteiger partial charge in [0.15, 0.2) is 0 Å². The van der Waals surface area contributed by atoms with Crippen molar-refractivity contribution in [3.05, 3.63) is 0 Å². The largest absolute Gasteiger partial charge is 0.481 e. The molecule has 0 saturated carbocycles. The second-order valence-corrected chi connectivity index (χ2v) is 23.3. The summed E-state index contributed by atoms with van der Waals surface area (Å²) in [5.41, 5.74) is 0. The molecule has 1 aliphatic heterocycles. The van der Waals surface area contributed by atoms with Crippen molar-refractivity contribution in [1.29, 1.82) is 0 Å². The molecule has 1 saturated heterocycles. The molecular formula is C57H101N9O16. The van der Waals surface area contributed by atoms with Crippen LogP contribution in [0, 0.1) is 29.6 Å². The number of unbranched alkanes of at least 4 members (excludes halogenated alkanes) is 6. The lowest BCUT2D eigenvalue weighted by molar-refractivity contribution is -0.158. The van der Waals surface area contributed by atoms with Crippen LogP contribution in [0.3, 0.4) is 0 Å². The number of ether oxygens (including phenoxy) is 1. The Morgan fingerprint density at radius 3 is 1.50 bits per heavy atom. The van der Waals surface area contributed by atoms with Crippen LogP contribution in [0.4, 0.5) is 0 Å². The summed E-state index contributed by atoms with van der Waals surface area (Å²) in [7, 11) is 0. The van der Waals surface area contributed by atoms with Crippen LogP contribution in [-0.4, -0.2) is 165 Å². The van der Waals surface area contributed by atoms with Crippen molar-refractivity contribution in [2.45, 2.75) is 252 Å². The predicted molar refractivity (Wildman–Crippen MR) is 304 cm³/mol. The zero-order valence-electron chi connectivity index (χ0n) is 50.7. The number of esters is 1. The Hall–Kier alpha value is -5.95. The van der Waals surface area contributed by atoms with Crippen molar-refractivity contribution in [3.63, 3.8) is 0 Å². The summed E-state index contributed by atoms with van der Waals surface area (Å²) in [6.45, 7) is 18.5. The van der Waals surface area contributed by atoms with Crippen LogP contribution in [0.1, 0.15) is 186 Å². The number of aliphatic hydroxyl groups is 3. The van der Waals surface area contributed by atoms with E-state index in [0.29, 0.717) is 12.8 Å². The van der Waals surface area contributed by atoms with Gasteiger partial charge in [-0.25, -0.2) is 4.79 Å². The van der Waals surface area contributed by atoms with Gasteiger partial charge in [-0.3, -0.25) is 47.9 Å². The first-order valence-electron chi connectivity index (χ1n) is 29.6. The second-order valence-electron chi connectivity index (χ2n) is 23.3. The Bertz CT molecular complexity index is 2080. The van der Waals surface area contributed by atoms with Crippen LogP contribution in [0.5, 0.6) is 0 Å². The van der Waals surface area contributed by atoms with E-state index in [9.17, 15) is 73.2 Å². The number of hydrogen-bond donors (Lipinski definition) is 13. The first kappa shape index (κ1) is 74.1. The van der Waals surface area contributed by atoms with Crippen LogP contribution in [0.2, 0.25) is 0 Å². The maximum Gasteiger partial charge on any atom is 0.329 e. The van der Waals surface area contributed by atoms with Gasteiger partial charge in [0, 0.05) is 6.42 Å². The molecule has 13 atom stereocenters. The molecule has 0 aliphatic carbocycles. The molecule has 9 amide bonds. The van der Waals surface area contributed by atoms with Crippen LogP contribution in [-0.2, 0) is 57.5 Å². The summed E-state index contributed by atoms with van der Waals surface area (Å²) in [4.78, 5) is 153. The average molecular weight is 1170 g/mol. The summed E-state index contributed by atoms with van der Waals surface area (Å²) in [6, 6.07) is -14.1. The molecule has 82 heavy (non-hydrogen) atoms. The molecule has 0 aromatic heterocycles. The molecule has 6 unspecified atom stereocenters. The van der Waals surface area contributed by atoms with Gasteiger partial charge in [-0.1, -0.05) is 134 Å². The quantitative estimate of drug-likeness (QED) is 0.0356. The van der Waals surface area contributed by atoms with Gasteiger partial charge in [0.2, 0.25) is 53.2 Å². The van der Waals surface area contributed by atoms with Gasteiger partial charge in [0.05, 0.1) is 25.7 Å². The standard InChI is InChI=1S/C57H101N9O16/c1-13-16-17-18-19-20-21-22-37(69)28-44(70)58-39(25-31(4)5)50(74)59-38(23-24-45(71)72)49(73)66-48-36(12)82-57(81)47(35(11)15-3)65-54(78)43(30-68)63-51(75)40(26-32(6)7)60-53(77)42(29-67)62-52(76)41(27-33(8)9)61-55(79)46(34(10)14-2)64-56(48)80/h31-43,46-48,67-69H,13-30H2,1-12H3,(H,58,70)(H,59,74)(H,60,77)(H,61,79)(H,62,76)(H,63,75)(H,64,80)(H,65,78)(H,66,73)(H,71,72)/t34?,35?,36?,37-,38+,39-,40-,41-,42+,43+,46?,47?,48?/m0/s1. The molecule has 0 bridgehead atoms. The number of carbonyl (C=O) groups is 11. The number of rotatable bonds is 30. The second kappa shape index (κ2) is 38.8. The lowest BCUT2D eigenvalue weighted by Gasteiger charge is -2.32. The van der Waals surface area contributed by atoms with E-state index >= 15 is 0 Å². The molecule has 1 rings (SSSR count). The molecular weight excluding hydrogens is 1070 g/mol. The normalized spacial score (nSPS) is 23.9. The Labute approximate surface area is 484 Å². The molecule has 0 radical (unpaired) electrons. The highest BCUT2D eigenvalue weighted by Crippen LogP contribution is 2.18. The van der Waals surface area contributed by atoms with Gasteiger partial charge in [-0.05, 0) is 68.6 Å². The Morgan fingerprint density at radius 1 is 0.549 bits per heavy atom. The highest BCUT2D eigenvalue weighted by Gasteiger charge is 2.41. The van der Waals surface area contributed by atoms with E-state index in [4.69, 9.17) is 4.74 Å². The predicted octanol–water partition coefficient (Wildman–Crippen LogP) is 1.27. The molecule has 0 spiro atoms. The smallest absolute Gasteiger partial charge is 0.329 e. The maximum atomic E-state index is 14.8. The van der Waals surface area contributed by atoms with Gasteiger partial charge in [-0.15, -0.1) is 0 Å².